The number of oxazole rings is 1. The lowest BCUT2D eigenvalue weighted by molar-refractivity contribution is -0.384. The van der Waals surface area contributed by atoms with Gasteiger partial charge in [-0.25, -0.2) is 4.98 Å². The highest BCUT2D eigenvalue weighted by Crippen LogP contribution is 2.27. The second kappa shape index (κ2) is 9.63. The lowest BCUT2D eigenvalue weighted by Gasteiger charge is -2.07. The molecule has 8 nitrogen and oxygen atoms in total. The number of nitro benzene ring substituents is 1. The normalized spacial score (nSPS) is 11.0. The number of carbonyl (C=O) groups is 1. The number of nitro groups is 1. The number of rotatable bonds is 5. The van der Waals surface area contributed by atoms with Crippen LogP contribution >= 0.6 is 12.2 Å². The van der Waals surface area contributed by atoms with E-state index in [0.717, 1.165) is 11.1 Å². The lowest BCUT2D eigenvalue weighted by atomic mass is 10.1. The Bertz CT molecular complexity index is 1460. The molecule has 3 aromatic carbocycles. The summed E-state index contributed by atoms with van der Waals surface area (Å²) in [5.41, 5.74) is 5.64. The van der Waals surface area contributed by atoms with Crippen LogP contribution in [0.5, 0.6) is 0 Å². The Balaban J connectivity index is 1.41. The maximum Gasteiger partial charge on any atom is 0.270 e. The highest BCUT2D eigenvalue weighted by molar-refractivity contribution is 7.80. The van der Waals surface area contributed by atoms with E-state index in [0.29, 0.717) is 28.2 Å². The van der Waals surface area contributed by atoms with Crippen LogP contribution in [0.3, 0.4) is 0 Å². The molecule has 0 aliphatic heterocycles. The number of hydrogen-bond acceptors (Lipinski definition) is 6. The lowest BCUT2D eigenvalue weighted by Crippen LogP contribution is -2.32. The van der Waals surface area contributed by atoms with E-state index in [1.807, 2.05) is 32.0 Å². The molecule has 34 heavy (non-hydrogen) atoms. The maximum absolute atomic E-state index is 12.2. The van der Waals surface area contributed by atoms with E-state index in [1.54, 1.807) is 30.3 Å². The predicted molar refractivity (Wildman–Crippen MR) is 135 cm³/mol. The molecule has 4 aromatic rings. The number of hydrogen-bond donors (Lipinski definition) is 2. The summed E-state index contributed by atoms with van der Waals surface area (Å²) in [6, 6.07) is 17.3. The smallest absolute Gasteiger partial charge is 0.270 e. The van der Waals surface area contributed by atoms with Gasteiger partial charge in [-0.2, -0.15) is 0 Å². The average molecular weight is 473 g/mol. The number of thiocarbonyl (C=S) groups is 1. The van der Waals surface area contributed by atoms with Gasteiger partial charge < -0.3 is 9.73 Å². The zero-order valence-electron chi connectivity index (χ0n) is 18.4. The van der Waals surface area contributed by atoms with Crippen molar-refractivity contribution < 1.29 is 14.1 Å². The number of non-ortho nitro benzene ring substituents is 1. The van der Waals surface area contributed by atoms with E-state index in [9.17, 15) is 14.9 Å². The summed E-state index contributed by atoms with van der Waals surface area (Å²) in [7, 11) is 0. The number of aromatic nitrogens is 1. The monoisotopic (exact) mass is 472 g/mol. The molecule has 0 fully saturated rings. The summed E-state index contributed by atoms with van der Waals surface area (Å²) in [5.74, 6) is 0.0564. The van der Waals surface area contributed by atoms with Crippen molar-refractivity contribution >= 4 is 51.8 Å². The van der Waals surface area contributed by atoms with E-state index >= 15 is 0 Å². The molecular formula is C25H20N4O4S. The van der Waals surface area contributed by atoms with Crippen LogP contribution in [0.1, 0.15) is 16.7 Å². The Morgan fingerprint density at radius 2 is 1.91 bits per heavy atom. The van der Waals surface area contributed by atoms with E-state index < -0.39 is 10.8 Å². The zero-order chi connectivity index (χ0) is 24.2. The Kier molecular flexibility index (Phi) is 6.46. The second-order valence-corrected chi connectivity index (χ2v) is 8.04. The first-order chi connectivity index (χ1) is 16.3. The van der Waals surface area contributed by atoms with Crippen molar-refractivity contribution in [1.29, 1.82) is 0 Å². The molecule has 1 amide bonds. The molecule has 0 unspecified atom stereocenters. The van der Waals surface area contributed by atoms with Gasteiger partial charge in [0, 0.05) is 29.5 Å². The third-order valence-corrected chi connectivity index (χ3v) is 5.35. The maximum atomic E-state index is 12.2. The fourth-order valence-corrected chi connectivity index (χ4v) is 3.45. The molecule has 4 rings (SSSR count). The number of nitrogens with zero attached hydrogens (tertiary/aromatic N) is 2. The predicted octanol–water partition coefficient (Wildman–Crippen LogP) is 5.55. The second-order valence-electron chi connectivity index (χ2n) is 7.63. The molecule has 1 aromatic heterocycles. The van der Waals surface area contributed by atoms with Gasteiger partial charge in [0.05, 0.1) is 4.92 Å². The van der Waals surface area contributed by atoms with Gasteiger partial charge in [-0.15, -0.1) is 0 Å². The molecule has 0 spiro atoms. The van der Waals surface area contributed by atoms with E-state index in [-0.39, 0.29) is 10.8 Å². The third kappa shape index (κ3) is 5.33. The summed E-state index contributed by atoms with van der Waals surface area (Å²) in [5, 5.41) is 16.5. The van der Waals surface area contributed by atoms with Crippen molar-refractivity contribution in [2.75, 3.05) is 5.32 Å². The molecule has 0 aliphatic carbocycles. The van der Waals surface area contributed by atoms with Crippen molar-refractivity contribution in [2.24, 2.45) is 0 Å². The summed E-state index contributed by atoms with van der Waals surface area (Å²) < 4.78 is 5.88. The molecule has 0 saturated carbocycles. The van der Waals surface area contributed by atoms with Crippen molar-refractivity contribution in [3.05, 3.63) is 93.5 Å². The SMILES string of the molecule is Cc1ccc(-c2nc3cc(NC(=S)NC(=O)C=Cc4cccc([N+](=O)[O-])c4)ccc3o2)cc1C. The largest absolute Gasteiger partial charge is 0.436 e. The Labute approximate surface area is 200 Å². The Morgan fingerprint density at radius 3 is 2.68 bits per heavy atom. The molecule has 0 atom stereocenters. The van der Waals surface area contributed by atoms with Crippen LogP contribution in [0.15, 0.2) is 71.2 Å². The van der Waals surface area contributed by atoms with Crippen molar-refractivity contribution in [3.8, 4) is 11.5 Å². The first-order valence-corrected chi connectivity index (χ1v) is 10.7. The van der Waals surface area contributed by atoms with E-state index in [2.05, 4.69) is 15.6 Å². The molecule has 0 radical (unpaired) electrons. The van der Waals surface area contributed by atoms with Crippen LogP contribution in [0.2, 0.25) is 0 Å². The average Bonchev–Trinajstić information content (AvgIpc) is 3.23. The van der Waals surface area contributed by atoms with Crippen LogP contribution in [0, 0.1) is 24.0 Å². The third-order valence-electron chi connectivity index (χ3n) is 5.14. The van der Waals surface area contributed by atoms with Crippen LogP contribution < -0.4 is 10.6 Å². The summed E-state index contributed by atoms with van der Waals surface area (Å²) in [6.07, 6.45) is 2.73. The number of carbonyl (C=O) groups excluding carboxylic acids is 1. The molecule has 2 N–H and O–H groups in total. The van der Waals surface area contributed by atoms with Gasteiger partial charge in [0.1, 0.15) is 5.52 Å². The van der Waals surface area contributed by atoms with Crippen LogP contribution in [0.25, 0.3) is 28.6 Å². The number of amides is 1. The first-order valence-electron chi connectivity index (χ1n) is 10.3. The molecule has 0 bridgehead atoms. The van der Waals surface area contributed by atoms with Gasteiger partial charge in [0.15, 0.2) is 10.7 Å². The van der Waals surface area contributed by atoms with Crippen molar-refractivity contribution in [3.63, 3.8) is 0 Å². The molecule has 170 valence electrons. The van der Waals surface area contributed by atoms with Crippen LogP contribution in [-0.2, 0) is 4.79 Å². The number of anilines is 1. The molecule has 9 heteroatoms. The molecular weight excluding hydrogens is 452 g/mol. The van der Waals surface area contributed by atoms with Gasteiger partial charge in [-0.3, -0.25) is 20.2 Å². The Morgan fingerprint density at radius 1 is 1.09 bits per heavy atom. The number of aryl methyl sites for hydroxylation is 2. The minimum absolute atomic E-state index is 0.0522. The van der Waals surface area contributed by atoms with Gasteiger partial charge in [0.2, 0.25) is 11.8 Å². The van der Waals surface area contributed by atoms with Gasteiger partial charge in [-0.1, -0.05) is 18.2 Å². The van der Waals surface area contributed by atoms with Gasteiger partial charge >= 0.3 is 0 Å². The highest BCUT2D eigenvalue weighted by Gasteiger charge is 2.11. The van der Waals surface area contributed by atoms with E-state index in [1.165, 1.54) is 29.8 Å². The standard InChI is InChI=1S/C25H20N4O4S/c1-15-6-8-18(12-16(15)2)24-27-21-14-19(9-10-22(21)33-24)26-25(34)28-23(30)11-7-17-4-3-5-20(13-17)29(31)32/h3-14H,1-2H3,(H2,26,28,30,34). The first kappa shape index (κ1) is 22.8. The number of fused-ring (bicyclic) bond motifs is 1. The molecule has 1 heterocycles. The topological polar surface area (TPSA) is 110 Å². The summed E-state index contributed by atoms with van der Waals surface area (Å²) >= 11 is 5.22. The van der Waals surface area contributed by atoms with Crippen molar-refractivity contribution in [1.82, 2.24) is 10.3 Å². The minimum Gasteiger partial charge on any atom is -0.436 e. The highest BCUT2D eigenvalue weighted by atomic mass is 32.1. The Hall–Kier alpha value is -4.37. The van der Waals surface area contributed by atoms with E-state index in [4.69, 9.17) is 16.6 Å². The number of benzene rings is 3. The van der Waals surface area contributed by atoms with Gasteiger partial charge in [-0.05, 0) is 79.2 Å². The number of nitrogens with one attached hydrogen (secondary N) is 2. The van der Waals surface area contributed by atoms with Crippen LogP contribution in [0.4, 0.5) is 11.4 Å². The molecule has 0 aliphatic rings. The fourth-order valence-electron chi connectivity index (χ4n) is 3.23. The summed E-state index contributed by atoms with van der Waals surface area (Å²) in [4.78, 5) is 27.1. The quantitative estimate of drug-likeness (QED) is 0.170. The zero-order valence-corrected chi connectivity index (χ0v) is 19.2. The summed E-state index contributed by atoms with van der Waals surface area (Å²) in [6.45, 7) is 4.09. The van der Waals surface area contributed by atoms with Crippen molar-refractivity contribution in [2.45, 2.75) is 13.8 Å². The minimum atomic E-state index is -0.493. The van der Waals surface area contributed by atoms with Crippen LogP contribution in [-0.4, -0.2) is 20.9 Å². The molecule has 0 saturated heterocycles. The van der Waals surface area contributed by atoms with Gasteiger partial charge in [0.25, 0.3) is 5.69 Å². The fraction of sp³-hybridized carbons (Fsp3) is 0.0800.